The molecule has 0 saturated carbocycles. The summed E-state index contributed by atoms with van der Waals surface area (Å²) in [7, 11) is 0. The Morgan fingerprint density at radius 2 is 2.33 bits per heavy atom. The van der Waals surface area contributed by atoms with E-state index in [-0.39, 0.29) is 6.04 Å². The van der Waals surface area contributed by atoms with Gasteiger partial charge in [0, 0.05) is 4.88 Å². The smallest absolute Gasteiger partial charge is 0.136 e. The van der Waals surface area contributed by atoms with E-state index in [9.17, 15) is 0 Å². The van der Waals surface area contributed by atoms with Crippen LogP contribution in [0.3, 0.4) is 0 Å². The van der Waals surface area contributed by atoms with E-state index in [0.717, 1.165) is 4.47 Å². The number of rotatable bonds is 2. The molecule has 0 aromatic carbocycles. The van der Waals surface area contributed by atoms with Crippen LogP contribution in [0.15, 0.2) is 22.1 Å². The van der Waals surface area contributed by atoms with Crippen LogP contribution in [-0.2, 0) is 0 Å². The molecule has 3 nitrogen and oxygen atoms in total. The van der Waals surface area contributed by atoms with Crippen molar-refractivity contribution in [2.24, 2.45) is 0 Å². The Kier molecular flexibility index (Phi) is 2.84. The summed E-state index contributed by atoms with van der Waals surface area (Å²) in [5.74, 6) is 0.676. The van der Waals surface area contributed by atoms with Crippen molar-refractivity contribution in [1.82, 2.24) is 9.78 Å². The van der Waals surface area contributed by atoms with Gasteiger partial charge >= 0.3 is 0 Å². The number of aryl methyl sites for hydroxylation is 1. The molecule has 0 aliphatic carbocycles. The van der Waals surface area contributed by atoms with E-state index in [1.807, 2.05) is 4.68 Å². The van der Waals surface area contributed by atoms with Gasteiger partial charge in [0.1, 0.15) is 5.82 Å². The first-order valence-electron chi connectivity index (χ1n) is 4.63. The number of thiophene rings is 1. The summed E-state index contributed by atoms with van der Waals surface area (Å²) in [5.41, 5.74) is 7.21. The van der Waals surface area contributed by atoms with E-state index in [0.29, 0.717) is 5.82 Å². The van der Waals surface area contributed by atoms with Crippen molar-refractivity contribution in [2.45, 2.75) is 19.9 Å². The SMILES string of the molecule is Cc1ccsc1C(C)n1ncc(Br)c1N. The highest BCUT2D eigenvalue weighted by atomic mass is 79.9. The summed E-state index contributed by atoms with van der Waals surface area (Å²) in [5, 5.41) is 6.36. The van der Waals surface area contributed by atoms with Crippen LogP contribution >= 0.6 is 27.3 Å². The molecule has 80 valence electrons. The van der Waals surface area contributed by atoms with E-state index in [2.05, 4.69) is 46.3 Å². The molecule has 0 bridgehead atoms. The van der Waals surface area contributed by atoms with Gasteiger partial charge in [0.25, 0.3) is 0 Å². The number of nitrogen functional groups attached to an aromatic ring is 1. The number of nitrogens with zero attached hydrogens (tertiary/aromatic N) is 2. The van der Waals surface area contributed by atoms with Gasteiger partial charge in [-0.2, -0.15) is 5.10 Å². The molecular formula is C10H12BrN3S. The molecule has 2 heterocycles. The average Bonchev–Trinajstić information content (AvgIpc) is 2.75. The van der Waals surface area contributed by atoms with Gasteiger partial charge in [0.2, 0.25) is 0 Å². The van der Waals surface area contributed by atoms with E-state index >= 15 is 0 Å². The number of nitrogens with two attached hydrogens (primary N) is 1. The summed E-state index contributed by atoms with van der Waals surface area (Å²) in [6.07, 6.45) is 1.73. The number of halogens is 1. The number of aromatic nitrogens is 2. The lowest BCUT2D eigenvalue weighted by atomic mass is 10.2. The summed E-state index contributed by atoms with van der Waals surface area (Å²) in [4.78, 5) is 1.30. The van der Waals surface area contributed by atoms with Crippen molar-refractivity contribution in [1.29, 1.82) is 0 Å². The van der Waals surface area contributed by atoms with Crippen molar-refractivity contribution >= 4 is 33.1 Å². The highest BCUT2D eigenvalue weighted by molar-refractivity contribution is 9.10. The minimum absolute atomic E-state index is 0.191. The van der Waals surface area contributed by atoms with Gasteiger partial charge in [-0.3, -0.25) is 0 Å². The molecule has 0 saturated heterocycles. The van der Waals surface area contributed by atoms with Crippen LogP contribution in [0, 0.1) is 6.92 Å². The summed E-state index contributed by atoms with van der Waals surface area (Å²) < 4.78 is 2.69. The third-order valence-electron chi connectivity index (χ3n) is 2.44. The molecule has 0 fully saturated rings. The molecule has 15 heavy (non-hydrogen) atoms. The van der Waals surface area contributed by atoms with Crippen LogP contribution in [0.1, 0.15) is 23.4 Å². The average molecular weight is 286 g/mol. The van der Waals surface area contributed by atoms with Crippen LogP contribution in [0.4, 0.5) is 5.82 Å². The maximum Gasteiger partial charge on any atom is 0.136 e. The molecule has 1 atom stereocenters. The second-order valence-corrected chi connectivity index (χ2v) is 5.27. The first-order chi connectivity index (χ1) is 7.11. The van der Waals surface area contributed by atoms with Crippen LogP contribution in [0.25, 0.3) is 0 Å². The molecule has 0 spiro atoms. The molecule has 0 amide bonds. The van der Waals surface area contributed by atoms with Crippen LogP contribution in [-0.4, -0.2) is 9.78 Å². The molecule has 2 aromatic rings. The van der Waals surface area contributed by atoms with Gasteiger partial charge in [-0.05, 0) is 46.8 Å². The van der Waals surface area contributed by atoms with E-state index in [4.69, 9.17) is 5.73 Å². The zero-order chi connectivity index (χ0) is 11.0. The fourth-order valence-corrected chi connectivity index (χ4v) is 2.83. The minimum Gasteiger partial charge on any atom is -0.383 e. The minimum atomic E-state index is 0.191. The Labute approximate surface area is 101 Å². The van der Waals surface area contributed by atoms with Crippen molar-refractivity contribution in [2.75, 3.05) is 5.73 Å². The predicted molar refractivity (Wildman–Crippen MR) is 67.2 cm³/mol. The zero-order valence-corrected chi connectivity index (χ0v) is 11.0. The van der Waals surface area contributed by atoms with Gasteiger partial charge in [-0.15, -0.1) is 11.3 Å². The standard InChI is InChI=1S/C10H12BrN3S/c1-6-3-4-15-9(6)7(2)14-10(12)8(11)5-13-14/h3-5,7H,12H2,1-2H3. The van der Waals surface area contributed by atoms with Gasteiger partial charge < -0.3 is 5.73 Å². The van der Waals surface area contributed by atoms with Crippen LogP contribution < -0.4 is 5.73 Å². The lowest BCUT2D eigenvalue weighted by Crippen LogP contribution is -2.11. The Balaban J connectivity index is 2.41. The van der Waals surface area contributed by atoms with Gasteiger partial charge in [0.05, 0.1) is 16.7 Å². The Morgan fingerprint density at radius 3 is 2.80 bits per heavy atom. The number of hydrogen-bond acceptors (Lipinski definition) is 3. The second-order valence-electron chi connectivity index (χ2n) is 3.47. The second kappa shape index (κ2) is 3.98. The molecule has 2 N–H and O–H groups in total. The Hall–Kier alpha value is -0.810. The maximum absolute atomic E-state index is 5.92. The first-order valence-corrected chi connectivity index (χ1v) is 6.31. The topological polar surface area (TPSA) is 43.8 Å². The van der Waals surface area contributed by atoms with Gasteiger partial charge in [-0.25, -0.2) is 4.68 Å². The van der Waals surface area contributed by atoms with E-state index < -0.39 is 0 Å². The highest BCUT2D eigenvalue weighted by Gasteiger charge is 2.16. The fourth-order valence-electron chi connectivity index (χ4n) is 1.58. The lowest BCUT2D eigenvalue weighted by Gasteiger charge is -2.13. The van der Waals surface area contributed by atoms with Crippen molar-refractivity contribution < 1.29 is 0 Å². The largest absolute Gasteiger partial charge is 0.383 e. The molecule has 2 rings (SSSR count). The molecule has 0 aliphatic rings. The fraction of sp³-hybridized carbons (Fsp3) is 0.300. The number of hydrogen-bond donors (Lipinski definition) is 1. The maximum atomic E-state index is 5.92. The highest BCUT2D eigenvalue weighted by Crippen LogP contribution is 2.30. The lowest BCUT2D eigenvalue weighted by molar-refractivity contribution is 0.579. The van der Waals surface area contributed by atoms with Crippen molar-refractivity contribution in [3.8, 4) is 0 Å². The Bertz CT molecular complexity index is 475. The summed E-state index contributed by atoms with van der Waals surface area (Å²) in [6, 6.07) is 2.31. The first kappa shape index (κ1) is 10.7. The van der Waals surface area contributed by atoms with E-state index in [1.165, 1.54) is 10.4 Å². The monoisotopic (exact) mass is 285 g/mol. The molecule has 2 aromatic heterocycles. The van der Waals surface area contributed by atoms with E-state index in [1.54, 1.807) is 17.5 Å². The molecule has 1 unspecified atom stereocenters. The summed E-state index contributed by atoms with van der Waals surface area (Å²) in [6.45, 7) is 4.21. The molecule has 5 heteroatoms. The predicted octanol–water partition coefficient (Wildman–Crippen LogP) is 3.21. The normalized spacial score (nSPS) is 13.0. The molecular weight excluding hydrogens is 274 g/mol. The zero-order valence-electron chi connectivity index (χ0n) is 8.57. The third kappa shape index (κ3) is 1.81. The quantitative estimate of drug-likeness (QED) is 0.921. The van der Waals surface area contributed by atoms with Gasteiger partial charge in [-0.1, -0.05) is 0 Å². The third-order valence-corrected chi connectivity index (χ3v) is 4.24. The number of anilines is 1. The van der Waals surface area contributed by atoms with Gasteiger partial charge in [0.15, 0.2) is 0 Å². The van der Waals surface area contributed by atoms with Crippen molar-refractivity contribution in [3.05, 3.63) is 32.6 Å². The summed E-state index contributed by atoms with van der Waals surface area (Å²) >= 11 is 5.10. The van der Waals surface area contributed by atoms with Crippen molar-refractivity contribution in [3.63, 3.8) is 0 Å². The molecule has 0 aliphatic heterocycles. The molecule has 0 radical (unpaired) electrons. The van der Waals surface area contributed by atoms with Crippen LogP contribution in [0.2, 0.25) is 0 Å². The Morgan fingerprint density at radius 1 is 1.60 bits per heavy atom. The van der Waals surface area contributed by atoms with Crippen LogP contribution in [0.5, 0.6) is 0 Å².